The summed E-state index contributed by atoms with van der Waals surface area (Å²) in [6.07, 6.45) is 1.50. The van der Waals surface area contributed by atoms with Crippen molar-refractivity contribution in [1.29, 1.82) is 0 Å². The van der Waals surface area contributed by atoms with Crippen molar-refractivity contribution in [2.24, 2.45) is 5.92 Å². The number of carbonyl (C=O) groups is 1. The van der Waals surface area contributed by atoms with E-state index in [1.807, 2.05) is 44.1 Å². The average Bonchev–Trinajstić information content (AvgIpc) is 2.79. The molecular weight excluding hydrogens is 389 g/mol. The fraction of sp³-hybridized carbons (Fsp3) is 0.364. The Morgan fingerprint density at radius 2 is 2.10 bits per heavy atom. The molecule has 0 spiro atoms. The first kappa shape index (κ1) is 21.0. The van der Waals surface area contributed by atoms with Gasteiger partial charge in [0.25, 0.3) is 0 Å². The molecule has 0 aromatic heterocycles. The number of amides is 1. The van der Waals surface area contributed by atoms with E-state index in [1.54, 1.807) is 18.1 Å². The summed E-state index contributed by atoms with van der Waals surface area (Å²) in [5.41, 5.74) is 3.33. The number of ether oxygens (including phenoxy) is 1. The van der Waals surface area contributed by atoms with E-state index in [2.05, 4.69) is 5.32 Å². The lowest BCUT2D eigenvalue weighted by Crippen LogP contribution is -2.34. The summed E-state index contributed by atoms with van der Waals surface area (Å²) in [6.45, 7) is 2.24. The molecule has 1 atom stereocenters. The lowest BCUT2D eigenvalue weighted by Gasteiger charge is -2.26. The van der Waals surface area contributed by atoms with Crippen molar-refractivity contribution in [2.45, 2.75) is 26.3 Å². The zero-order valence-corrected chi connectivity index (χ0v) is 18.0. The van der Waals surface area contributed by atoms with Gasteiger partial charge in [-0.05, 0) is 54.4 Å². The normalized spacial score (nSPS) is 16.1. The van der Waals surface area contributed by atoms with E-state index in [9.17, 15) is 9.18 Å². The Balaban J connectivity index is 2.04. The summed E-state index contributed by atoms with van der Waals surface area (Å²) in [7, 11) is 5.32. The zero-order valence-electron chi connectivity index (χ0n) is 17.2. The molecule has 0 radical (unpaired) electrons. The molecule has 1 N–H and O–H groups in total. The van der Waals surface area contributed by atoms with Crippen LogP contribution < -0.4 is 15.0 Å². The third-order valence-electron chi connectivity index (χ3n) is 5.10. The molecule has 0 saturated heterocycles. The molecule has 1 heterocycles. The standard InChI is InChI=1S/C22H26FN3O2S/c1-14-8-9-16-11-18(24-22(29)25(2)3)20(28-4)12-19(16)26(21(14)27)13-15-6-5-7-17(23)10-15/h5-7,10-12,14H,8-9,13H2,1-4H3,(H,24,29). The van der Waals surface area contributed by atoms with Gasteiger partial charge in [0.05, 0.1) is 25.0 Å². The number of thiocarbonyl (C=S) groups is 1. The van der Waals surface area contributed by atoms with Gasteiger partial charge in [0.1, 0.15) is 11.6 Å². The largest absolute Gasteiger partial charge is 0.494 e. The highest BCUT2D eigenvalue weighted by molar-refractivity contribution is 7.80. The van der Waals surface area contributed by atoms with Crippen LogP contribution in [-0.2, 0) is 17.8 Å². The van der Waals surface area contributed by atoms with Crippen LogP contribution in [0.2, 0.25) is 0 Å². The van der Waals surface area contributed by atoms with Crippen LogP contribution in [0, 0.1) is 11.7 Å². The Morgan fingerprint density at radius 1 is 1.34 bits per heavy atom. The van der Waals surface area contributed by atoms with Gasteiger partial charge in [-0.1, -0.05) is 19.1 Å². The first-order valence-electron chi connectivity index (χ1n) is 9.55. The van der Waals surface area contributed by atoms with Crippen molar-refractivity contribution in [3.05, 3.63) is 53.3 Å². The first-order valence-corrected chi connectivity index (χ1v) is 9.96. The van der Waals surface area contributed by atoms with Crippen molar-refractivity contribution in [2.75, 3.05) is 31.4 Å². The van der Waals surface area contributed by atoms with Gasteiger partial charge in [-0.15, -0.1) is 0 Å². The molecule has 2 aromatic rings. The molecule has 1 amide bonds. The van der Waals surface area contributed by atoms with E-state index < -0.39 is 0 Å². The number of hydrogen-bond donors (Lipinski definition) is 1. The number of methoxy groups -OCH3 is 1. The van der Waals surface area contributed by atoms with Crippen molar-refractivity contribution in [3.8, 4) is 5.75 Å². The molecule has 1 unspecified atom stereocenters. The van der Waals surface area contributed by atoms with Crippen LogP contribution in [0.1, 0.15) is 24.5 Å². The van der Waals surface area contributed by atoms with E-state index in [0.29, 0.717) is 17.4 Å². The summed E-state index contributed by atoms with van der Waals surface area (Å²) in [5.74, 6) is 0.188. The lowest BCUT2D eigenvalue weighted by molar-refractivity contribution is -0.122. The number of rotatable bonds is 4. The SMILES string of the molecule is COc1cc2c(cc1NC(=S)N(C)C)CCC(C)C(=O)N2Cc1cccc(F)c1. The van der Waals surface area contributed by atoms with Crippen LogP contribution in [0.25, 0.3) is 0 Å². The number of carbonyl (C=O) groups excluding carboxylic acids is 1. The topological polar surface area (TPSA) is 44.8 Å². The molecule has 0 saturated carbocycles. The minimum Gasteiger partial charge on any atom is -0.494 e. The second-order valence-electron chi connectivity index (χ2n) is 7.50. The predicted octanol–water partition coefficient (Wildman–Crippen LogP) is 4.21. The van der Waals surface area contributed by atoms with E-state index in [0.717, 1.165) is 35.3 Å². The lowest BCUT2D eigenvalue weighted by atomic mass is 10.0. The second-order valence-corrected chi connectivity index (χ2v) is 7.89. The highest BCUT2D eigenvalue weighted by Crippen LogP contribution is 2.38. The monoisotopic (exact) mass is 415 g/mol. The van der Waals surface area contributed by atoms with Gasteiger partial charge in [0.15, 0.2) is 5.11 Å². The van der Waals surface area contributed by atoms with Crippen LogP contribution in [-0.4, -0.2) is 37.1 Å². The maximum atomic E-state index is 13.7. The molecule has 3 rings (SSSR count). The first-order chi connectivity index (χ1) is 13.8. The van der Waals surface area contributed by atoms with Gasteiger partial charge >= 0.3 is 0 Å². The fourth-order valence-electron chi connectivity index (χ4n) is 3.42. The molecule has 5 nitrogen and oxygen atoms in total. The van der Waals surface area contributed by atoms with Crippen LogP contribution in [0.4, 0.5) is 15.8 Å². The van der Waals surface area contributed by atoms with Crippen molar-refractivity contribution in [3.63, 3.8) is 0 Å². The van der Waals surface area contributed by atoms with Crippen molar-refractivity contribution < 1.29 is 13.9 Å². The second kappa shape index (κ2) is 8.78. The van der Waals surface area contributed by atoms with E-state index in [1.165, 1.54) is 12.1 Å². The molecule has 0 bridgehead atoms. The maximum Gasteiger partial charge on any atom is 0.230 e. The van der Waals surface area contributed by atoms with E-state index >= 15 is 0 Å². The minimum absolute atomic E-state index is 0.0274. The molecule has 0 fully saturated rings. The number of anilines is 2. The van der Waals surface area contributed by atoms with Gasteiger partial charge in [-0.3, -0.25) is 4.79 Å². The molecule has 2 aromatic carbocycles. The molecule has 0 aliphatic carbocycles. The van der Waals surface area contributed by atoms with Crippen LogP contribution in [0.5, 0.6) is 5.75 Å². The number of benzene rings is 2. The van der Waals surface area contributed by atoms with Gasteiger partial charge in [-0.2, -0.15) is 0 Å². The molecule has 154 valence electrons. The summed E-state index contributed by atoms with van der Waals surface area (Å²) < 4.78 is 19.3. The third kappa shape index (κ3) is 4.67. The smallest absolute Gasteiger partial charge is 0.230 e. The number of fused-ring (bicyclic) bond motifs is 1. The van der Waals surface area contributed by atoms with Crippen LogP contribution in [0.15, 0.2) is 36.4 Å². The average molecular weight is 416 g/mol. The zero-order chi connectivity index (χ0) is 21.1. The third-order valence-corrected chi connectivity index (χ3v) is 5.57. The summed E-state index contributed by atoms with van der Waals surface area (Å²) >= 11 is 5.37. The Hall–Kier alpha value is -2.67. The molecule has 1 aliphatic heterocycles. The number of nitrogens with zero attached hydrogens (tertiary/aromatic N) is 2. The van der Waals surface area contributed by atoms with Gasteiger partial charge < -0.3 is 19.9 Å². The molecular formula is C22H26FN3O2S. The number of nitrogens with one attached hydrogen (secondary N) is 1. The molecule has 1 aliphatic rings. The number of hydrogen-bond acceptors (Lipinski definition) is 3. The highest BCUT2D eigenvalue weighted by Gasteiger charge is 2.29. The Labute approximate surface area is 176 Å². The van der Waals surface area contributed by atoms with Crippen molar-refractivity contribution in [1.82, 2.24) is 4.90 Å². The van der Waals surface area contributed by atoms with Gasteiger partial charge in [-0.25, -0.2) is 4.39 Å². The minimum atomic E-state index is -0.313. The Bertz CT molecular complexity index is 932. The van der Waals surface area contributed by atoms with E-state index in [-0.39, 0.29) is 17.6 Å². The maximum absolute atomic E-state index is 13.7. The fourth-order valence-corrected chi connectivity index (χ4v) is 3.53. The summed E-state index contributed by atoms with van der Waals surface area (Å²) in [6, 6.07) is 10.2. The Kier molecular flexibility index (Phi) is 6.37. The summed E-state index contributed by atoms with van der Waals surface area (Å²) in [4.78, 5) is 16.6. The van der Waals surface area contributed by atoms with Gasteiger partial charge in [0, 0.05) is 26.1 Å². The number of halogens is 1. The quantitative estimate of drug-likeness (QED) is 0.758. The molecule has 29 heavy (non-hydrogen) atoms. The molecule has 7 heteroatoms. The van der Waals surface area contributed by atoms with Crippen LogP contribution >= 0.6 is 12.2 Å². The summed E-state index contributed by atoms with van der Waals surface area (Å²) in [5, 5.41) is 3.77. The van der Waals surface area contributed by atoms with Gasteiger partial charge in [0.2, 0.25) is 5.91 Å². The van der Waals surface area contributed by atoms with Crippen molar-refractivity contribution >= 4 is 34.6 Å². The Morgan fingerprint density at radius 3 is 2.76 bits per heavy atom. The predicted molar refractivity (Wildman–Crippen MR) is 118 cm³/mol. The highest BCUT2D eigenvalue weighted by atomic mass is 32.1. The number of aryl methyl sites for hydroxylation is 1. The van der Waals surface area contributed by atoms with Crippen LogP contribution in [0.3, 0.4) is 0 Å². The van der Waals surface area contributed by atoms with E-state index in [4.69, 9.17) is 17.0 Å².